The summed E-state index contributed by atoms with van der Waals surface area (Å²) in [5.74, 6) is 2.24. The van der Waals surface area contributed by atoms with Crippen LogP contribution in [-0.2, 0) is 0 Å². The van der Waals surface area contributed by atoms with Crippen molar-refractivity contribution in [3.8, 4) is 46.5 Å². The second-order valence-corrected chi connectivity index (χ2v) is 13.3. The Balaban J connectivity index is 1.04. The van der Waals surface area contributed by atoms with Gasteiger partial charge in [0.15, 0.2) is 0 Å². The second-order valence-electron chi connectivity index (χ2n) is 13.3. The zero-order valence-corrected chi connectivity index (χ0v) is 32.8. The lowest BCUT2D eigenvalue weighted by molar-refractivity contribution is -0.385. The maximum atomic E-state index is 12.4. The third kappa shape index (κ3) is 11.6. The molecule has 6 aromatic rings. The number of rotatable bonds is 12. The van der Waals surface area contributed by atoms with Gasteiger partial charge in [-0.05, 0) is 73.5 Å². The average molecular weight is 845 g/mol. The summed E-state index contributed by atoms with van der Waals surface area (Å²) in [6, 6.07) is 23.2. The predicted molar refractivity (Wildman–Crippen MR) is 224 cm³/mol. The van der Waals surface area contributed by atoms with E-state index in [1.807, 2.05) is 13.8 Å². The largest absolute Gasteiger partial charge is 0.439 e. The van der Waals surface area contributed by atoms with Gasteiger partial charge in [0.2, 0.25) is 35.4 Å². The molecule has 0 spiro atoms. The number of aryl methyl sites for hydroxylation is 2. The van der Waals surface area contributed by atoms with E-state index in [0.29, 0.717) is 34.4 Å². The molecule has 22 nitrogen and oxygen atoms in total. The number of urea groups is 2. The van der Waals surface area contributed by atoms with Crippen LogP contribution in [0.3, 0.4) is 0 Å². The highest BCUT2D eigenvalue weighted by atomic mass is 16.6. The van der Waals surface area contributed by atoms with Gasteiger partial charge in [-0.25, -0.2) is 9.59 Å². The number of hydrogen-bond donors (Lipinski definition) is 6. The molecule has 22 heteroatoms. The molecule has 8 bridgehead atoms. The lowest BCUT2D eigenvalue weighted by atomic mass is 10.2. The molecule has 0 atom stereocenters. The van der Waals surface area contributed by atoms with Gasteiger partial charge in [-0.15, -0.1) is 0 Å². The molecule has 2 aromatic heterocycles. The number of benzene rings is 4. The third-order valence-electron chi connectivity index (χ3n) is 8.36. The van der Waals surface area contributed by atoms with Gasteiger partial charge in [0.1, 0.15) is 23.0 Å². The zero-order chi connectivity index (χ0) is 43.6. The first-order valence-corrected chi connectivity index (χ1v) is 18.7. The summed E-state index contributed by atoms with van der Waals surface area (Å²) in [7, 11) is 0. The van der Waals surface area contributed by atoms with E-state index in [4.69, 9.17) is 18.9 Å². The van der Waals surface area contributed by atoms with Crippen LogP contribution < -0.4 is 50.8 Å². The number of aromatic nitrogens is 4. The molecule has 0 saturated carbocycles. The molecule has 6 N–H and O–H groups in total. The molecule has 1 aliphatic rings. The van der Waals surface area contributed by atoms with Crippen LogP contribution in [0, 0.1) is 34.1 Å². The van der Waals surface area contributed by atoms with Gasteiger partial charge in [-0.1, -0.05) is 0 Å². The molecule has 0 saturated heterocycles. The van der Waals surface area contributed by atoms with Crippen LogP contribution in [0.2, 0.25) is 0 Å². The van der Waals surface area contributed by atoms with Crippen molar-refractivity contribution >= 4 is 46.7 Å². The number of anilines is 4. The highest BCUT2D eigenvalue weighted by Gasteiger charge is 2.16. The minimum atomic E-state index is -0.527. The quantitative estimate of drug-likeness (QED) is 0.0391. The molecular weight excluding hydrogens is 809 g/mol. The van der Waals surface area contributed by atoms with Crippen LogP contribution in [0.4, 0.5) is 44.2 Å². The molecule has 0 unspecified atom stereocenters. The third-order valence-corrected chi connectivity index (χ3v) is 8.36. The van der Waals surface area contributed by atoms with E-state index in [2.05, 4.69) is 51.8 Å². The number of nitro groups is 2. The smallest absolute Gasteiger partial charge is 0.319 e. The topological polar surface area (TPSA) is 281 Å². The number of carbonyl (C=O) groups excluding carboxylic acids is 2. The Morgan fingerprint density at radius 3 is 1.13 bits per heavy atom. The molecule has 0 aliphatic carbocycles. The molecule has 0 radical (unpaired) electrons. The summed E-state index contributed by atoms with van der Waals surface area (Å²) in [5.41, 5.74) is 2.14. The van der Waals surface area contributed by atoms with Gasteiger partial charge in [0.05, 0.1) is 22.0 Å². The first-order chi connectivity index (χ1) is 29.9. The maximum absolute atomic E-state index is 12.4. The van der Waals surface area contributed by atoms with E-state index < -0.39 is 21.9 Å². The van der Waals surface area contributed by atoms with Crippen molar-refractivity contribution in [3.63, 3.8) is 0 Å². The fourth-order valence-corrected chi connectivity index (χ4v) is 5.71. The molecular formula is C40H36N12O10. The fraction of sp³-hybridized carbons (Fsp3) is 0.150. The predicted octanol–water partition coefficient (Wildman–Crippen LogP) is 7.65. The zero-order valence-electron chi connectivity index (χ0n) is 32.8. The summed E-state index contributed by atoms with van der Waals surface area (Å²) in [6.07, 6.45) is 0. The van der Waals surface area contributed by atoms with Crippen molar-refractivity contribution in [2.75, 3.05) is 47.4 Å². The number of non-ortho nitro benzene ring substituents is 2. The Labute approximate surface area is 351 Å². The standard InChI is InChI=1S/C40H36N12O10/c1-23-15-29-19-30(16-23)60-34-22-36(50-38(48-34)42-12-14-44-40(54)46-26-5-9-28(10-6-26)52(57)58)62-32-18-24(2)17-31(20-32)61-35-21-33(59-29)47-37(49-35)41-11-13-43-39(53)45-25-3-7-27(8-4-25)51(55)56/h3-10,15-22H,11-14H2,1-2H3,(H,41,47,49)(H,42,48,50)(H2,43,45,53)(H2,44,46,54). The Kier molecular flexibility index (Phi) is 12.6. The molecule has 1 aliphatic heterocycles. The maximum Gasteiger partial charge on any atom is 0.319 e. The summed E-state index contributed by atoms with van der Waals surface area (Å²) in [6.45, 7) is 4.41. The van der Waals surface area contributed by atoms with Crippen LogP contribution in [0.1, 0.15) is 11.1 Å². The fourth-order valence-electron chi connectivity index (χ4n) is 5.71. The van der Waals surface area contributed by atoms with Crippen molar-refractivity contribution in [2.24, 2.45) is 0 Å². The van der Waals surface area contributed by atoms with E-state index >= 15 is 0 Å². The molecule has 3 heterocycles. The lowest BCUT2D eigenvalue weighted by Gasteiger charge is -2.15. The van der Waals surface area contributed by atoms with Gasteiger partial charge >= 0.3 is 12.1 Å². The Hall–Kier alpha value is -8.82. The van der Waals surface area contributed by atoms with Crippen LogP contribution in [0.25, 0.3) is 0 Å². The molecule has 0 fully saturated rings. The average Bonchev–Trinajstić information content (AvgIpc) is 3.20. The Morgan fingerprint density at radius 2 is 0.823 bits per heavy atom. The van der Waals surface area contributed by atoms with Crippen LogP contribution in [0.15, 0.2) is 97.1 Å². The number of ether oxygens (including phenoxy) is 4. The van der Waals surface area contributed by atoms with Gasteiger partial charge in [-0.3, -0.25) is 20.2 Å². The van der Waals surface area contributed by atoms with Crippen LogP contribution in [0.5, 0.6) is 46.5 Å². The van der Waals surface area contributed by atoms with Gasteiger partial charge in [-0.2, -0.15) is 19.9 Å². The van der Waals surface area contributed by atoms with Crippen LogP contribution in [-0.4, -0.2) is 68.0 Å². The van der Waals surface area contributed by atoms with Crippen molar-refractivity contribution in [1.82, 2.24) is 30.6 Å². The summed E-state index contributed by atoms with van der Waals surface area (Å²) in [4.78, 5) is 63.6. The van der Waals surface area contributed by atoms with Crippen molar-refractivity contribution < 1.29 is 38.4 Å². The molecule has 4 amide bonds. The molecule has 7 rings (SSSR count). The van der Waals surface area contributed by atoms with Crippen molar-refractivity contribution in [2.45, 2.75) is 13.8 Å². The lowest BCUT2D eigenvalue weighted by Crippen LogP contribution is -2.32. The summed E-state index contributed by atoms with van der Waals surface area (Å²) in [5, 5.41) is 38.5. The number of amides is 4. The Morgan fingerprint density at radius 1 is 0.500 bits per heavy atom. The van der Waals surface area contributed by atoms with Gasteiger partial charge in [0.25, 0.3) is 11.4 Å². The molecule has 4 aromatic carbocycles. The van der Waals surface area contributed by atoms with Crippen molar-refractivity contribution in [3.05, 3.63) is 128 Å². The number of nitrogens with zero attached hydrogens (tertiary/aromatic N) is 6. The first-order valence-electron chi connectivity index (χ1n) is 18.7. The molecule has 316 valence electrons. The van der Waals surface area contributed by atoms with E-state index in [1.54, 1.807) is 36.4 Å². The summed E-state index contributed by atoms with van der Waals surface area (Å²) < 4.78 is 24.8. The summed E-state index contributed by atoms with van der Waals surface area (Å²) >= 11 is 0. The van der Waals surface area contributed by atoms with Gasteiger partial charge < -0.3 is 50.8 Å². The van der Waals surface area contributed by atoms with Gasteiger partial charge in [0, 0.05) is 74.0 Å². The van der Waals surface area contributed by atoms with E-state index in [1.165, 1.54) is 60.7 Å². The van der Waals surface area contributed by atoms with Crippen LogP contribution >= 0.6 is 0 Å². The minimum Gasteiger partial charge on any atom is -0.439 e. The SMILES string of the molecule is Cc1cc2cc(c1)Oc1cc(nc(NCCNC(=O)Nc3ccc([N+](=O)[O-])cc3)n1)Oc1cc(C)cc(c1)Oc1cc(nc(NCCNC(=O)Nc3ccc([N+](=O)[O-])cc3)n1)O2. The minimum absolute atomic E-state index is 0.0951. The normalized spacial score (nSPS) is 11.3. The Bertz CT molecular complexity index is 2370. The number of carbonyl (C=O) groups is 2. The molecule has 62 heavy (non-hydrogen) atoms. The van der Waals surface area contributed by atoms with E-state index in [0.717, 1.165) is 11.1 Å². The van der Waals surface area contributed by atoms with Crippen molar-refractivity contribution in [1.29, 1.82) is 0 Å². The second kappa shape index (κ2) is 18.8. The highest BCUT2D eigenvalue weighted by molar-refractivity contribution is 5.90. The number of nitrogens with one attached hydrogen (secondary N) is 6. The first kappa shape index (κ1) is 41.3. The van der Waals surface area contributed by atoms with E-state index in [-0.39, 0.29) is 73.0 Å². The van der Waals surface area contributed by atoms with E-state index in [9.17, 15) is 29.8 Å². The highest BCUT2D eigenvalue weighted by Crippen LogP contribution is 2.35. The monoisotopic (exact) mass is 844 g/mol. The number of fused-ring (bicyclic) bond motifs is 8. The number of hydrogen-bond acceptors (Lipinski definition) is 16. The number of nitro benzene ring substituents is 2.